The van der Waals surface area contributed by atoms with Crippen LogP contribution in [0.1, 0.15) is 26.7 Å². The third-order valence-electron chi connectivity index (χ3n) is 1.44. The molecule has 0 bridgehead atoms. The monoisotopic (exact) mass is 168 g/mol. The Morgan fingerprint density at radius 2 is 1.91 bits per heavy atom. The summed E-state index contributed by atoms with van der Waals surface area (Å²) < 4.78 is 35.0. The maximum Gasteiger partial charge on any atom is 0.389 e. The van der Waals surface area contributed by atoms with Crippen molar-refractivity contribution in [1.29, 1.82) is 0 Å². The lowest BCUT2D eigenvalue weighted by Gasteiger charge is -2.11. The minimum atomic E-state index is -4.22. The Kier molecular flexibility index (Phi) is 3.55. The van der Waals surface area contributed by atoms with Gasteiger partial charge in [0.25, 0.3) is 0 Å². The minimum absolute atomic E-state index is 0.178. The molecule has 0 saturated carbocycles. The van der Waals surface area contributed by atoms with Crippen molar-refractivity contribution in [2.24, 2.45) is 5.92 Å². The lowest BCUT2D eigenvalue weighted by Crippen LogP contribution is -2.19. The standard InChI is InChI=1S/C7H11F3O/c1-3-6(11)5(2)4-7(8,9)10/h5H,3-4H2,1-2H3. The molecule has 0 heterocycles. The molecule has 0 aliphatic rings. The molecule has 0 aromatic rings. The van der Waals surface area contributed by atoms with Gasteiger partial charge in [0.1, 0.15) is 5.78 Å². The van der Waals surface area contributed by atoms with Crippen molar-refractivity contribution in [2.45, 2.75) is 32.9 Å². The van der Waals surface area contributed by atoms with Gasteiger partial charge in [0.2, 0.25) is 0 Å². The van der Waals surface area contributed by atoms with E-state index in [1.807, 2.05) is 0 Å². The molecule has 0 saturated heterocycles. The highest BCUT2D eigenvalue weighted by Crippen LogP contribution is 2.25. The second-order valence-corrected chi connectivity index (χ2v) is 2.54. The molecule has 0 aliphatic carbocycles. The molecule has 0 amide bonds. The number of halogens is 3. The van der Waals surface area contributed by atoms with Gasteiger partial charge in [0.15, 0.2) is 0 Å². The largest absolute Gasteiger partial charge is 0.389 e. The molecule has 1 nitrogen and oxygen atoms in total. The highest BCUT2D eigenvalue weighted by atomic mass is 19.4. The quantitative estimate of drug-likeness (QED) is 0.632. The van der Waals surface area contributed by atoms with Crippen molar-refractivity contribution in [3.63, 3.8) is 0 Å². The molecule has 1 unspecified atom stereocenters. The van der Waals surface area contributed by atoms with Gasteiger partial charge in [-0.25, -0.2) is 0 Å². The molecule has 1 atom stereocenters. The Balaban J connectivity index is 3.87. The van der Waals surface area contributed by atoms with Crippen molar-refractivity contribution < 1.29 is 18.0 Å². The maximum atomic E-state index is 11.7. The molecule has 0 spiro atoms. The Bertz CT molecular complexity index is 139. The summed E-state index contributed by atoms with van der Waals surface area (Å²) in [5, 5.41) is 0. The van der Waals surface area contributed by atoms with Gasteiger partial charge in [0, 0.05) is 12.3 Å². The number of carbonyl (C=O) groups is 1. The van der Waals surface area contributed by atoms with E-state index >= 15 is 0 Å². The smallest absolute Gasteiger partial charge is 0.299 e. The van der Waals surface area contributed by atoms with Crippen LogP contribution in [0, 0.1) is 5.92 Å². The zero-order chi connectivity index (χ0) is 9.07. The van der Waals surface area contributed by atoms with Crippen LogP contribution in [-0.2, 0) is 4.79 Å². The third kappa shape index (κ3) is 4.81. The molecule has 11 heavy (non-hydrogen) atoms. The summed E-state index contributed by atoms with van der Waals surface area (Å²) in [7, 11) is 0. The van der Waals surface area contributed by atoms with E-state index in [-0.39, 0.29) is 12.2 Å². The van der Waals surface area contributed by atoms with Gasteiger partial charge in [-0.15, -0.1) is 0 Å². The molecule has 0 radical (unpaired) electrons. The Labute approximate surface area is 63.6 Å². The lowest BCUT2D eigenvalue weighted by molar-refractivity contribution is -0.151. The van der Waals surface area contributed by atoms with Crippen molar-refractivity contribution in [3.8, 4) is 0 Å². The van der Waals surface area contributed by atoms with Crippen LogP contribution < -0.4 is 0 Å². The number of carbonyl (C=O) groups excluding carboxylic acids is 1. The number of ketones is 1. The van der Waals surface area contributed by atoms with E-state index in [0.29, 0.717) is 0 Å². The average molecular weight is 168 g/mol. The maximum absolute atomic E-state index is 11.7. The molecule has 0 N–H and O–H groups in total. The summed E-state index contributed by atoms with van der Waals surface area (Å²) in [4.78, 5) is 10.7. The molecule has 0 rings (SSSR count). The zero-order valence-electron chi connectivity index (χ0n) is 6.53. The Morgan fingerprint density at radius 3 is 2.18 bits per heavy atom. The van der Waals surface area contributed by atoms with Gasteiger partial charge in [-0.1, -0.05) is 13.8 Å². The first-order valence-electron chi connectivity index (χ1n) is 3.46. The van der Waals surface area contributed by atoms with Crippen molar-refractivity contribution in [3.05, 3.63) is 0 Å². The summed E-state index contributed by atoms with van der Waals surface area (Å²) in [5.74, 6) is -1.22. The highest BCUT2D eigenvalue weighted by Gasteiger charge is 2.31. The van der Waals surface area contributed by atoms with Crippen LogP contribution >= 0.6 is 0 Å². The van der Waals surface area contributed by atoms with E-state index in [1.165, 1.54) is 6.92 Å². The lowest BCUT2D eigenvalue weighted by atomic mass is 10.0. The first kappa shape index (κ1) is 10.5. The Morgan fingerprint density at radius 1 is 1.45 bits per heavy atom. The Hall–Kier alpha value is -0.540. The fourth-order valence-corrected chi connectivity index (χ4v) is 0.809. The summed E-state index contributed by atoms with van der Waals surface area (Å²) in [5.41, 5.74) is 0. The first-order chi connectivity index (χ1) is 4.87. The molecule has 66 valence electrons. The predicted molar refractivity (Wildman–Crippen MR) is 35.1 cm³/mol. The number of Topliss-reactive ketones (excluding diaryl/α,β-unsaturated/α-hetero) is 1. The summed E-state index contributed by atoms with van der Waals surface area (Å²) >= 11 is 0. The van der Waals surface area contributed by atoms with E-state index in [4.69, 9.17) is 0 Å². The van der Waals surface area contributed by atoms with Gasteiger partial charge < -0.3 is 0 Å². The average Bonchev–Trinajstić information content (AvgIpc) is 1.82. The number of alkyl halides is 3. The molecular weight excluding hydrogens is 157 g/mol. The van der Waals surface area contributed by atoms with Crippen molar-refractivity contribution in [2.75, 3.05) is 0 Å². The van der Waals surface area contributed by atoms with Gasteiger partial charge in [-0.3, -0.25) is 4.79 Å². The van der Waals surface area contributed by atoms with Crippen molar-refractivity contribution in [1.82, 2.24) is 0 Å². The molecular formula is C7H11F3O. The van der Waals surface area contributed by atoms with Gasteiger partial charge in [-0.05, 0) is 0 Å². The summed E-state index contributed by atoms with van der Waals surface area (Å²) in [6.07, 6.45) is -5.04. The SMILES string of the molecule is CCC(=O)C(C)CC(F)(F)F. The first-order valence-corrected chi connectivity index (χ1v) is 3.46. The molecule has 4 heteroatoms. The van der Waals surface area contributed by atoms with Crippen LogP contribution in [0.25, 0.3) is 0 Å². The predicted octanol–water partition coefficient (Wildman–Crippen LogP) is 2.55. The van der Waals surface area contributed by atoms with Gasteiger partial charge in [0.05, 0.1) is 6.42 Å². The van der Waals surface area contributed by atoms with Crippen molar-refractivity contribution >= 4 is 5.78 Å². The van der Waals surface area contributed by atoms with Gasteiger partial charge in [-0.2, -0.15) is 13.2 Å². The fourth-order valence-electron chi connectivity index (χ4n) is 0.809. The van der Waals surface area contributed by atoms with E-state index in [0.717, 1.165) is 0 Å². The second-order valence-electron chi connectivity index (χ2n) is 2.54. The zero-order valence-corrected chi connectivity index (χ0v) is 6.53. The normalized spacial score (nSPS) is 14.6. The third-order valence-corrected chi connectivity index (χ3v) is 1.44. The van der Waals surface area contributed by atoms with Crippen LogP contribution in [0.3, 0.4) is 0 Å². The highest BCUT2D eigenvalue weighted by molar-refractivity contribution is 5.80. The van der Waals surface area contributed by atoms with Crippen LogP contribution in [-0.4, -0.2) is 12.0 Å². The van der Waals surface area contributed by atoms with E-state index < -0.39 is 18.5 Å². The fraction of sp³-hybridized carbons (Fsp3) is 0.857. The number of hydrogen-bond donors (Lipinski definition) is 0. The number of rotatable bonds is 3. The van der Waals surface area contributed by atoms with Crippen LogP contribution in [0.5, 0.6) is 0 Å². The van der Waals surface area contributed by atoms with Crippen LogP contribution in [0.2, 0.25) is 0 Å². The molecule has 0 aromatic heterocycles. The molecule has 0 aliphatic heterocycles. The van der Waals surface area contributed by atoms with Crippen LogP contribution in [0.15, 0.2) is 0 Å². The van der Waals surface area contributed by atoms with E-state index in [9.17, 15) is 18.0 Å². The topological polar surface area (TPSA) is 17.1 Å². The van der Waals surface area contributed by atoms with Crippen LogP contribution in [0.4, 0.5) is 13.2 Å². The summed E-state index contributed by atoms with van der Waals surface area (Å²) in [6.45, 7) is 2.87. The number of hydrogen-bond acceptors (Lipinski definition) is 1. The summed E-state index contributed by atoms with van der Waals surface area (Å²) in [6, 6.07) is 0. The van der Waals surface area contributed by atoms with E-state index in [2.05, 4.69) is 0 Å². The molecule has 0 fully saturated rings. The minimum Gasteiger partial charge on any atom is -0.299 e. The van der Waals surface area contributed by atoms with Gasteiger partial charge >= 0.3 is 6.18 Å². The molecule has 0 aromatic carbocycles. The second kappa shape index (κ2) is 3.74. The van der Waals surface area contributed by atoms with E-state index in [1.54, 1.807) is 6.92 Å².